The first-order valence-corrected chi connectivity index (χ1v) is 5.98. The summed E-state index contributed by atoms with van der Waals surface area (Å²) in [6.45, 7) is 6.91. The van der Waals surface area contributed by atoms with Gasteiger partial charge >= 0.3 is 0 Å². The standard InChI is InChI=1S/C14H21NO/c1-14(2)10-15-9-8-13(14)11-4-6-12(16-3)7-5-11/h4-7,13,15H,8-10H2,1-3H3. The Morgan fingerprint density at radius 2 is 1.94 bits per heavy atom. The second-order valence-electron chi connectivity index (χ2n) is 5.28. The van der Waals surface area contributed by atoms with Gasteiger partial charge in [0.2, 0.25) is 0 Å². The first-order chi connectivity index (χ1) is 7.63. The molecular weight excluding hydrogens is 198 g/mol. The Morgan fingerprint density at radius 3 is 2.50 bits per heavy atom. The number of nitrogens with one attached hydrogen (secondary N) is 1. The zero-order chi connectivity index (χ0) is 11.6. The molecule has 2 heteroatoms. The normalized spacial score (nSPS) is 24.1. The van der Waals surface area contributed by atoms with Crippen molar-refractivity contribution in [2.45, 2.75) is 26.2 Å². The van der Waals surface area contributed by atoms with E-state index in [9.17, 15) is 0 Å². The number of benzene rings is 1. The summed E-state index contributed by atoms with van der Waals surface area (Å²) in [6.07, 6.45) is 1.22. The van der Waals surface area contributed by atoms with Crippen LogP contribution in [0, 0.1) is 5.41 Å². The molecule has 1 aromatic rings. The smallest absolute Gasteiger partial charge is 0.118 e. The monoisotopic (exact) mass is 219 g/mol. The molecule has 16 heavy (non-hydrogen) atoms. The maximum Gasteiger partial charge on any atom is 0.118 e. The molecule has 88 valence electrons. The van der Waals surface area contributed by atoms with Gasteiger partial charge in [-0.25, -0.2) is 0 Å². The Morgan fingerprint density at radius 1 is 1.25 bits per heavy atom. The van der Waals surface area contributed by atoms with Crippen LogP contribution >= 0.6 is 0 Å². The van der Waals surface area contributed by atoms with Crippen molar-refractivity contribution >= 4 is 0 Å². The van der Waals surface area contributed by atoms with Gasteiger partial charge in [-0.2, -0.15) is 0 Å². The molecule has 1 fully saturated rings. The molecular formula is C14H21NO. The maximum absolute atomic E-state index is 5.20. The molecule has 0 amide bonds. The molecule has 0 bridgehead atoms. The summed E-state index contributed by atoms with van der Waals surface area (Å²) in [6, 6.07) is 8.54. The Bertz CT molecular complexity index is 342. The SMILES string of the molecule is COc1ccc(C2CCNCC2(C)C)cc1. The van der Waals surface area contributed by atoms with Crippen molar-refractivity contribution in [3.8, 4) is 5.75 Å². The van der Waals surface area contributed by atoms with Gasteiger partial charge in [-0.15, -0.1) is 0 Å². The van der Waals surface area contributed by atoms with Crippen LogP contribution in [0.5, 0.6) is 5.75 Å². The van der Waals surface area contributed by atoms with Gasteiger partial charge in [-0.05, 0) is 42.0 Å². The molecule has 0 aliphatic carbocycles. The molecule has 0 saturated carbocycles. The van der Waals surface area contributed by atoms with E-state index >= 15 is 0 Å². The molecule has 1 aliphatic heterocycles. The Hall–Kier alpha value is -1.02. The van der Waals surface area contributed by atoms with Gasteiger partial charge in [0, 0.05) is 6.54 Å². The zero-order valence-corrected chi connectivity index (χ0v) is 10.4. The van der Waals surface area contributed by atoms with Crippen LogP contribution in [-0.4, -0.2) is 20.2 Å². The minimum absolute atomic E-state index is 0.340. The van der Waals surface area contributed by atoms with Crippen molar-refractivity contribution in [1.82, 2.24) is 5.32 Å². The second kappa shape index (κ2) is 4.46. The number of methoxy groups -OCH3 is 1. The van der Waals surface area contributed by atoms with E-state index in [4.69, 9.17) is 4.74 Å². The second-order valence-corrected chi connectivity index (χ2v) is 5.28. The summed E-state index contributed by atoms with van der Waals surface area (Å²) >= 11 is 0. The van der Waals surface area contributed by atoms with Gasteiger partial charge in [0.15, 0.2) is 0 Å². The van der Waals surface area contributed by atoms with Gasteiger partial charge in [0.25, 0.3) is 0 Å². The van der Waals surface area contributed by atoms with Crippen molar-refractivity contribution in [2.75, 3.05) is 20.2 Å². The molecule has 0 aromatic heterocycles. The zero-order valence-electron chi connectivity index (χ0n) is 10.4. The third-order valence-electron chi connectivity index (χ3n) is 3.65. The van der Waals surface area contributed by atoms with Crippen LogP contribution in [0.15, 0.2) is 24.3 Å². The summed E-state index contributed by atoms with van der Waals surface area (Å²) < 4.78 is 5.20. The minimum Gasteiger partial charge on any atom is -0.497 e. The summed E-state index contributed by atoms with van der Waals surface area (Å²) in [7, 11) is 1.71. The lowest BCUT2D eigenvalue weighted by molar-refractivity contribution is 0.219. The highest BCUT2D eigenvalue weighted by atomic mass is 16.5. The van der Waals surface area contributed by atoms with Gasteiger partial charge in [0.1, 0.15) is 5.75 Å². The average molecular weight is 219 g/mol. The van der Waals surface area contributed by atoms with Gasteiger partial charge in [0.05, 0.1) is 7.11 Å². The quantitative estimate of drug-likeness (QED) is 0.826. The summed E-state index contributed by atoms with van der Waals surface area (Å²) in [4.78, 5) is 0. The van der Waals surface area contributed by atoms with E-state index in [-0.39, 0.29) is 0 Å². The maximum atomic E-state index is 5.20. The number of hydrogen-bond donors (Lipinski definition) is 1. The fourth-order valence-corrected chi connectivity index (χ4v) is 2.62. The van der Waals surface area contributed by atoms with Crippen LogP contribution in [0.2, 0.25) is 0 Å². The molecule has 0 spiro atoms. The summed E-state index contributed by atoms with van der Waals surface area (Å²) in [5.41, 5.74) is 1.78. The van der Waals surface area contributed by atoms with Crippen LogP contribution in [0.1, 0.15) is 31.7 Å². The highest BCUT2D eigenvalue weighted by Gasteiger charge is 2.32. The minimum atomic E-state index is 0.340. The van der Waals surface area contributed by atoms with E-state index in [1.807, 2.05) is 0 Å². The van der Waals surface area contributed by atoms with Crippen molar-refractivity contribution in [2.24, 2.45) is 5.41 Å². The average Bonchev–Trinajstić information content (AvgIpc) is 2.29. The third kappa shape index (κ3) is 2.22. The lowest BCUT2D eigenvalue weighted by Gasteiger charge is -2.39. The van der Waals surface area contributed by atoms with E-state index in [1.54, 1.807) is 7.11 Å². The molecule has 1 aliphatic rings. The first-order valence-electron chi connectivity index (χ1n) is 5.98. The van der Waals surface area contributed by atoms with Crippen LogP contribution in [-0.2, 0) is 0 Å². The summed E-state index contributed by atoms with van der Waals surface area (Å²) in [5, 5.41) is 3.47. The van der Waals surface area contributed by atoms with E-state index < -0.39 is 0 Å². The predicted octanol–water partition coefficient (Wildman–Crippen LogP) is 2.80. The number of hydrogen-bond acceptors (Lipinski definition) is 2. The Labute approximate surface area is 98.0 Å². The molecule has 0 radical (unpaired) electrons. The largest absolute Gasteiger partial charge is 0.497 e. The van der Waals surface area contributed by atoms with Crippen molar-refractivity contribution in [3.63, 3.8) is 0 Å². The lowest BCUT2D eigenvalue weighted by Crippen LogP contribution is -2.41. The number of rotatable bonds is 2. The van der Waals surface area contributed by atoms with E-state index in [0.717, 1.165) is 18.8 Å². The number of piperidine rings is 1. The molecule has 1 aromatic carbocycles. The fourth-order valence-electron chi connectivity index (χ4n) is 2.62. The lowest BCUT2D eigenvalue weighted by atomic mass is 9.71. The molecule has 1 unspecified atom stereocenters. The van der Waals surface area contributed by atoms with E-state index in [1.165, 1.54) is 12.0 Å². The number of ether oxygens (including phenoxy) is 1. The molecule has 2 rings (SSSR count). The molecule has 1 saturated heterocycles. The van der Waals surface area contributed by atoms with Crippen molar-refractivity contribution in [1.29, 1.82) is 0 Å². The van der Waals surface area contributed by atoms with Crippen molar-refractivity contribution < 1.29 is 4.74 Å². The highest BCUT2D eigenvalue weighted by Crippen LogP contribution is 2.39. The van der Waals surface area contributed by atoms with Gasteiger partial charge < -0.3 is 10.1 Å². The van der Waals surface area contributed by atoms with E-state index in [0.29, 0.717) is 11.3 Å². The topological polar surface area (TPSA) is 21.3 Å². The molecule has 1 heterocycles. The van der Waals surface area contributed by atoms with Crippen LogP contribution < -0.4 is 10.1 Å². The molecule has 1 N–H and O–H groups in total. The first kappa shape index (κ1) is 11.5. The summed E-state index contributed by atoms with van der Waals surface area (Å²) in [5.74, 6) is 1.59. The highest BCUT2D eigenvalue weighted by molar-refractivity contribution is 5.30. The molecule has 2 nitrogen and oxygen atoms in total. The fraction of sp³-hybridized carbons (Fsp3) is 0.571. The van der Waals surface area contributed by atoms with Crippen molar-refractivity contribution in [3.05, 3.63) is 29.8 Å². The Kier molecular flexibility index (Phi) is 3.20. The van der Waals surface area contributed by atoms with Gasteiger partial charge in [-0.1, -0.05) is 26.0 Å². The van der Waals surface area contributed by atoms with Gasteiger partial charge in [-0.3, -0.25) is 0 Å². The van der Waals surface area contributed by atoms with Crippen LogP contribution in [0.4, 0.5) is 0 Å². The van der Waals surface area contributed by atoms with Crippen LogP contribution in [0.3, 0.4) is 0 Å². The van der Waals surface area contributed by atoms with Crippen LogP contribution in [0.25, 0.3) is 0 Å². The third-order valence-corrected chi connectivity index (χ3v) is 3.65. The molecule has 1 atom stereocenters. The predicted molar refractivity (Wildman–Crippen MR) is 67.0 cm³/mol. The Balaban J connectivity index is 2.21. The van der Waals surface area contributed by atoms with E-state index in [2.05, 4.69) is 43.4 Å².